The summed E-state index contributed by atoms with van der Waals surface area (Å²) in [5.74, 6) is 0.173. The molecule has 2 atom stereocenters. The summed E-state index contributed by atoms with van der Waals surface area (Å²) >= 11 is 1.66. The minimum Gasteiger partial charge on any atom is -0.393 e. The molecule has 0 aliphatic heterocycles. The van der Waals surface area contributed by atoms with E-state index in [9.17, 15) is 5.11 Å². The zero-order chi connectivity index (χ0) is 12.4. The lowest BCUT2D eigenvalue weighted by molar-refractivity contribution is 0.169. The minimum absolute atomic E-state index is 0.173. The summed E-state index contributed by atoms with van der Waals surface area (Å²) in [5.41, 5.74) is 5.32. The van der Waals surface area contributed by atoms with Crippen LogP contribution in [0.4, 0.5) is 0 Å². The van der Waals surface area contributed by atoms with E-state index < -0.39 is 0 Å². The second kappa shape index (κ2) is 4.98. The molecule has 0 saturated carbocycles. The Morgan fingerprint density at radius 1 is 1.18 bits per heavy atom. The van der Waals surface area contributed by atoms with Crippen molar-refractivity contribution in [3.63, 3.8) is 0 Å². The lowest BCUT2D eigenvalue weighted by atomic mass is 9.95. The molecule has 0 aliphatic carbocycles. The van der Waals surface area contributed by atoms with Crippen LogP contribution in [0.1, 0.15) is 31.0 Å². The average molecular weight is 247 g/mol. The summed E-state index contributed by atoms with van der Waals surface area (Å²) in [6.07, 6.45) is -0.314. The summed E-state index contributed by atoms with van der Waals surface area (Å²) in [4.78, 5) is 5.48. The van der Waals surface area contributed by atoms with Gasteiger partial charge in [-0.3, -0.25) is 0 Å². The molecule has 1 heterocycles. The number of aromatic nitrogens is 1. The molecule has 0 bridgehead atoms. The van der Waals surface area contributed by atoms with Crippen molar-refractivity contribution in [3.05, 3.63) is 41.0 Å². The number of nitrogens with zero attached hydrogens (tertiary/aromatic N) is 1. The SMILES string of the molecule is Cc1ncsc1-c1ccc(C(C)C(C)O)cc1. The number of aliphatic hydroxyl groups excluding tert-OH is 1. The lowest BCUT2D eigenvalue weighted by Crippen LogP contribution is -2.10. The first-order chi connectivity index (χ1) is 8.09. The van der Waals surface area contributed by atoms with Gasteiger partial charge >= 0.3 is 0 Å². The van der Waals surface area contributed by atoms with E-state index in [1.54, 1.807) is 11.3 Å². The second-order valence-electron chi connectivity index (χ2n) is 4.42. The van der Waals surface area contributed by atoms with Gasteiger partial charge in [-0.2, -0.15) is 0 Å². The third-order valence-electron chi connectivity index (χ3n) is 3.17. The van der Waals surface area contributed by atoms with E-state index in [4.69, 9.17) is 0 Å². The molecule has 1 aromatic carbocycles. The fourth-order valence-corrected chi connectivity index (χ4v) is 2.61. The maximum absolute atomic E-state index is 9.56. The normalized spacial score (nSPS) is 14.6. The fraction of sp³-hybridized carbons (Fsp3) is 0.357. The molecule has 3 heteroatoms. The lowest BCUT2D eigenvalue weighted by Gasteiger charge is -2.15. The van der Waals surface area contributed by atoms with Gasteiger partial charge in [-0.25, -0.2) is 4.98 Å². The molecular formula is C14H17NOS. The van der Waals surface area contributed by atoms with Gasteiger partial charge in [-0.05, 0) is 25.0 Å². The Kier molecular flexibility index (Phi) is 3.60. The quantitative estimate of drug-likeness (QED) is 0.899. The van der Waals surface area contributed by atoms with E-state index in [0.717, 1.165) is 5.69 Å². The molecule has 0 fully saturated rings. The number of rotatable bonds is 3. The zero-order valence-electron chi connectivity index (χ0n) is 10.3. The number of hydrogen-bond donors (Lipinski definition) is 1. The number of thiazole rings is 1. The van der Waals surface area contributed by atoms with Gasteiger partial charge in [0.15, 0.2) is 0 Å². The Morgan fingerprint density at radius 2 is 1.82 bits per heavy atom. The number of aliphatic hydroxyl groups is 1. The molecule has 17 heavy (non-hydrogen) atoms. The molecule has 2 nitrogen and oxygen atoms in total. The van der Waals surface area contributed by atoms with Crippen LogP contribution in [0.3, 0.4) is 0 Å². The van der Waals surface area contributed by atoms with Gasteiger partial charge in [0, 0.05) is 5.92 Å². The topological polar surface area (TPSA) is 33.1 Å². The second-order valence-corrected chi connectivity index (χ2v) is 5.27. The van der Waals surface area contributed by atoms with Crippen LogP contribution in [0.25, 0.3) is 10.4 Å². The maximum Gasteiger partial charge on any atom is 0.0801 e. The highest BCUT2D eigenvalue weighted by atomic mass is 32.1. The number of benzene rings is 1. The summed E-state index contributed by atoms with van der Waals surface area (Å²) in [7, 11) is 0. The highest BCUT2D eigenvalue weighted by Crippen LogP contribution is 2.29. The molecule has 2 aromatic rings. The van der Waals surface area contributed by atoms with E-state index in [1.165, 1.54) is 16.0 Å². The maximum atomic E-state index is 9.56. The van der Waals surface area contributed by atoms with E-state index >= 15 is 0 Å². The van der Waals surface area contributed by atoms with E-state index in [0.29, 0.717) is 0 Å². The van der Waals surface area contributed by atoms with Crippen molar-refractivity contribution in [2.45, 2.75) is 32.8 Å². The molecule has 1 N–H and O–H groups in total. The molecule has 2 rings (SSSR count). The predicted molar refractivity (Wildman–Crippen MR) is 72.4 cm³/mol. The number of aryl methyl sites for hydroxylation is 1. The Hall–Kier alpha value is -1.19. The van der Waals surface area contributed by atoms with Crippen LogP contribution in [0.15, 0.2) is 29.8 Å². The first kappa shape index (κ1) is 12.3. The Bertz CT molecular complexity index is 487. The van der Waals surface area contributed by atoms with Gasteiger partial charge < -0.3 is 5.11 Å². The van der Waals surface area contributed by atoms with Crippen molar-refractivity contribution in [1.29, 1.82) is 0 Å². The van der Waals surface area contributed by atoms with Gasteiger partial charge in [-0.1, -0.05) is 31.2 Å². The highest BCUT2D eigenvalue weighted by molar-refractivity contribution is 7.13. The van der Waals surface area contributed by atoms with Gasteiger partial charge in [0.05, 0.1) is 22.2 Å². The van der Waals surface area contributed by atoms with Gasteiger partial charge in [-0.15, -0.1) is 11.3 Å². The van der Waals surface area contributed by atoms with Crippen LogP contribution in [0.5, 0.6) is 0 Å². The average Bonchev–Trinajstić information content (AvgIpc) is 2.74. The molecule has 0 spiro atoms. The summed E-state index contributed by atoms with van der Waals surface area (Å²) in [5, 5.41) is 9.56. The van der Waals surface area contributed by atoms with Crippen molar-refractivity contribution in [2.75, 3.05) is 0 Å². The van der Waals surface area contributed by atoms with E-state index in [2.05, 4.69) is 29.2 Å². The third kappa shape index (κ3) is 2.56. The molecular weight excluding hydrogens is 230 g/mol. The van der Waals surface area contributed by atoms with Crippen molar-refractivity contribution in [3.8, 4) is 10.4 Å². The first-order valence-electron chi connectivity index (χ1n) is 5.78. The van der Waals surface area contributed by atoms with E-state index in [-0.39, 0.29) is 12.0 Å². The van der Waals surface area contributed by atoms with Crippen molar-refractivity contribution >= 4 is 11.3 Å². The Morgan fingerprint density at radius 3 is 2.29 bits per heavy atom. The standard InChI is InChI=1S/C14H17NOS/c1-9(11(3)16)12-4-6-13(7-5-12)14-10(2)15-8-17-14/h4-9,11,16H,1-3H3. The molecule has 0 amide bonds. The monoisotopic (exact) mass is 247 g/mol. The molecule has 0 radical (unpaired) electrons. The van der Waals surface area contributed by atoms with Crippen LogP contribution in [0.2, 0.25) is 0 Å². The molecule has 90 valence electrons. The largest absolute Gasteiger partial charge is 0.393 e. The van der Waals surface area contributed by atoms with Crippen LogP contribution in [-0.4, -0.2) is 16.2 Å². The Labute approximate surface area is 106 Å². The summed E-state index contributed by atoms with van der Waals surface area (Å²) in [6.45, 7) is 5.89. The molecule has 1 aromatic heterocycles. The Balaban J connectivity index is 2.28. The zero-order valence-corrected chi connectivity index (χ0v) is 11.2. The molecule has 0 saturated heterocycles. The van der Waals surface area contributed by atoms with Gasteiger partial charge in [0.25, 0.3) is 0 Å². The summed E-state index contributed by atoms with van der Waals surface area (Å²) in [6, 6.07) is 8.39. The molecule has 2 unspecified atom stereocenters. The van der Waals surface area contributed by atoms with Crippen molar-refractivity contribution in [1.82, 2.24) is 4.98 Å². The predicted octanol–water partition coefficient (Wildman–Crippen LogP) is 3.60. The third-order valence-corrected chi connectivity index (χ3v) is 4.15. The highest BCUT2D eigenvalue weighted by Gasteiger charge is 2.12. The first-order valence-corrected chi connectivity index (χ1v) is 6.66. The molecule has 0 aliphatic rings. The fourth-order valence-electron chi connectivity index (χ4n) is 1.80. The van der Waals surface area contributed by atoms with Crippen molar-refractivity contribution in [2.24, 2.45) is 0 Å². The van der Waals surface area contributed by atoms with Crippen LogP contribution in [-0.2, 0) is 0 Å². The van der Waals surface area contributed by atoms with Crippen LogP contribution >= 0.6 is 11.3 Å². The smallest absolute Gasteiger partial charge is 0.0801 e. The van der Waals surface area contributed by atoms with E-state index in [1.807, 2.05) is 26.3 Å². The number of hydrogen-bond acceptors (Lipinski definition) is 3. The van der Waals surface area contributed by atoms with Crippen LogP contribution in [0, 0.1) is 6.92 Å². The van der Waals surface area contributed by atoms with Crippen molar-refractivity contribution < 1.29 is 5.11 Å². The minimum atomic E-state index is -0.314. The summed E-state index contributed by atoms with van der Waals surface area (Å²) < 4.78 is 0. The van der Waals surface area contributed by atoms with Crippen LogP contribution < -0.4 is 0 Å². The van der Waals surface area contributed by atoms with Gasteiger partial charge in [0.1, 0.15) is 0 Å². The van der Waals surface area contributed by atoms with Gasteiger partial charge in [0.2, 0.25) is 0 Å².